The third-order valence-corrected chi connectivity index (χ3v) is 2.80. The second kappa shape index (κ2) is 6.12. The zero-order valence-electron chi connectivity index (χ0n) is 8.66. The highest BCUT2D eigenvalue weighted by molar-refractivity contribution is 8.00. The number of carbonyl (C=O) groups is 1. The van der Waals surface area contributed by atoms with E-state index in [1.807, 2.05) is 0 Å². The molecule has 0 aliphatic heterocycles. The minimum Gasteiger partial charge on any atom is -0.460 e. The van der Waals surface area contributed by atoms with Crippen LogP contribution in [0.4, 0.5) is 0 Å². The number of carbonyl (C=O) groups excluding carboxylic acids is 1. The summed E-state index contributed by atoms with van der Waals surface area (Å²) in [6.07, 6.45) is 0. The van der Waals surface area contributed by atoms with Gasteiger partial charge in [0.1, 0.15) is 0 Å². The van der Waals surface area contributed by atoms with Crippen LogP contribution in [-0.2, 0) is 9.53 Å². The van der Waals surface area contributed by atoms with Crippen molar-refractivity contribution in [1.29, 1.82) is 0 Å². The van der Waals surface area contributed by atoms with Gasteiger partial charge in [0.2, 0.25) is 0 Å². The predicted octanol–water partition coefficient (Wildman–Crippen LogP) is 1.94. The van der Waals surface area contributed by atoms with Crippen molar-refractivity contribution in [3.8, 4) is 0 Å². The third-order valence-electron chi connectivity index (χ3n) is 1.67. The molecule has 0 aromatic heterocycles. The smallest absolute Gasteiger partial charge is 0.393 e. The molecule has 1 aromatic carbocycles. The molecule has 1 unspecified atom stereocenters. The van der Waals surface area contributed by atoms with Gasteiger partial charge in [0.15, 0.2) is 0 Å². The van der Waals surface area contributed by atoms with E-state index in [9.17, 15) is 14.9 Å². The van der Waals surface area contributed by atoms with Gasteiger partial charge in [-0.3, -0.25) is 10.1 Å². The molecular formula is C10H11NO4S. The highest BCUT2D eigenvalue weighted by atomic mass is 32.2. The van der Waals surface area contributed by atoms with Gasteiger partial charge in [-0.05, 0) is 30.8 Å². The average molecular weight is 241 g/mol. The lowest BCUT2D eigenvalue weighted by atomic mass is 10.4. The first-order chi connectivity index (χ1) is 7.65. The predicted molar refractivity (Wildman–Crippen MR) is 59.7 cm³/mol. The molecule has 0 aliphatic rings. The molecule has 16 heavy (non-hydrogen) atoms. The molecule has 0 saturated carbocycles. The summed E-state index contributed by atoms with van der Waals surface area (Å²) in [5.74, 6) is -0.818. The maximum absolute atomic E-state index is 11.3. The summed E-state index contributed by atoms with van der Waals surface area (Å²) in [6.45, 7) is 1.75. The third kappa shape index (κ3) is 3.54. The largest absolute Gasteiger partial charge is 0.460 e. The van der Waals surface area contributed by atoms with Crippen molar-refractivity contribution in [2.45, 2.75) is 17.2 Å². The fraction of sp³-hybridized carbons (Fsp3) is 0.300. The monoisotopic (exact) mass is 241 g/mol. The molecule has 6 heteroatoms. The topological polar surface area (TPSA) is 69.4 Å². The Morgan fingerprint density at radius 2 is 2.12 bits per heavy atom. The van der Waals surface area contributed by atoms with E-state index < -0.39 is 16.3 Å². The van der Waals surface area contributed by atoms with Crippen molar-refractivity contribution < 1.29 is 14.5 Å². The number of esters is 1. The van der Waals surface area contributed by atoms with Crippen LogP contribution in [-0.4, -0.2) is 22.9 Å². The Balaban J connectivity index is 2.73. The summed E-state index contributed by atoms with van der Waals surface area (Å²) in [7, 11) is 0. The van der Waals surface area contributed by atoms with E-state index in [0.29, 0.717) is 4.90 Å². The Kier molecular flexibility index (Phi) is 4.78. The number of benzene rings is 1. The second-order valence-corrected chi connectivity index (χ2v) is 3.97. The number of nitro groups is 1. The van der Waals surface area contributed by atoms with Gasteiger partial charge < -0.3 is 4.74 Å². The summed E-state index contributed by atoms with van der Waals surface area (Å²) in [6, 6.07) is 8.73. The van der Waals surface area contributed by atoms with Gasteiger partial charge in [0.05, 0.1) is 6.61 Å². The quantitative estimate of drug-likeness (QED) is 0.259. The molecule has 0 amide bonds. The molecule has 1 rings (SSSR count). The van der Waals surface area contributed by atoms with E-state index in [2.05, 4.69) is 4.74 Å². The van der Waals surface area contributed by atoms with Crippen LogP contribution < -0.4 is 0 Å². The molecular weight excluding hydrogens is 230 g/mol. The highest BCUT2D eigenvalue weighted by Crippen LogP contribution is 2.24. The van der Waals surface area contributed by atoms with Gasteiger partial charge in [-0.25, -0.2) is 4.79 Å². The Labute approximate surface area is 96.9 Å². The Morgan fingerprint density at radius 1 is 1.50 bits per heavy atom. The van der Waals surface area contributed by atoms with Gasteiger partial charge in [0.25, 0.3) is 0 Å². The number of thioether (sulfide) groups is 1. The molecule has 5 nitrogen and oxygen atoms in total. The minimum absolute atomic E-state index is 0.137. The van der Waals surface area contributed by atoms with Crippen molar-refractivity contribution in [1.82, 2.24) is 0 Å². The first kappa shape index (κ1) is 12.5. The summed E-state index contributed by atoms with van der Waals surface area (Å²) in [5.41, 5.74) is 0. The molecule has 0 heterocycles. The minimum atomic E-state index is -1.40. The van der Waals surface area contributed by atoms with Gasteiger partial charge in [-0.1, -0.05) is 18.2 Å². The Bertz CT molecular complexity index is 368. The summed E-state index contributed by atoms with van der Waals surface area (Å²) in [4.78, 5) is 22.0. The van der Waals surface area contributed by atoms with E-state index in [1.165, 1.54) is 0 Å². The lowest BCUT2D eigenvalue weighted by Crippen LogP contribution is -2.28. The maximum Gasteiger partial charge on any atom is 0.393 e. The zero-order valence-corrected chi connectivity index (χ0v) is 9.48. The second-order valence-electron chi connectivity index (χ2n) is 2.82. The fourth-order valence-electron chi connectivity index (χ4n) is 1.02. The van der Waals surface area contributed by atoms with Crippen molar-refractivity contribution >= 4 is 17.7 Å². The van der Waals surface area contributed by atoms with Crippen molar-refractivity contribution in [3.05, 3.63) is 40.4 Å². The molecule has 0 aliphatic carbocycles. The Hall–Kier alpha value is -1.56. The molecule has 0 bridgehead atoms. The van der Waals surface area contributed by atoms with Crippen molar-refractivity contribution in [2.24, 2.45) is 0 Å². The molecule has 0 saturated heterocycles. The normalized spacial score (nSPS) is 11.8. The number of hydrogen-bond donors (Lipinski definition) is 0. The number of hydrogen-bond acceptors (Lipinski definition) is 5. The standard InChI is InChI=1S/C10H11NO4S/c1-2-15-10(12)9(11(13)14)16-8-6-4-3-5-7-8/h3-7,9H,2H2,1H3. The SMILES string of the molecule is CCOC(=O)C(Sc1ccccc1)[N+](=O)[O-]. The molecule has 0 N–H and O–H groups in total. The van der Waals surface area contributed by atoms with Crippen molar-refractivity contribution in [2.75, 3.05) is 6.61 Å². The fourth-order valence-corrected chi connectivity index (χ4v) is 1.84. The van der Waals surface area contributed by atoms with E-state index in [1.54, 1.807) is 37.3 Å². The van der Waals surface area contributed by atoms with Crippen LogP contribution in [0.3, 0.4) is 0 Å². The maximum atomic E-state index is 11.3. The molecule has 0 radical (unpaired) electrons. The van der Waals surface area contributed by atoms with Crippen LogP contribution in [0.1, 0.15) is 6.92 Å². The lowest BCUT2D eigenvalue weighted by Gasteiger charge is -2.07. The summed E-state index contributed by atoms with van der Waals surface area (Å²) < 4.78 is 4.64. The highest BCUT2D eigenvalue weighted by Gasteiger charge is 2.32. The zero-order chi connectivity index (χ0) is 12.0. The average Bonchev–Trinajstić information content (AvgIpc) is 2.27. The van der Waals surface area contributed by atoms with Crippen LogP contribution >= 0.6 is 11.8 Å². The van der Waals surface area contributed by atoms with E-state index in [-0.39, 0.29) is 6.61 Å². The molecule has 0 fully saturated rings. The van der Waals surface area contributed by atoms with E-state index in [0.717, 1.165) is 11.8 Å². The molecule has 1 aromatic rings. The molecule has 0 spiro atoms. The number of nitrogens with zero attached hydrogens (tertiary/aromatic N) is 1. The van der Waals surface area contributed by atoms with Crippen LogP contribution in [0.2, 0.25) is 0 Å². The molecule has 86 valence electrons. The van der Waals surface area contributed by atoms with Gasteiger partial charge >= 0.3 is 11.3 Å². The lowest BCUT2D eigenvalue weighted by molar-refractivity contribution is -0.484. The first-order valence-corrected chi connectivity index (χ1v) is 5.55. The Morgan fingerprint density at radius 3 is 2.62 bits per heavy atom. The summed E-state index contributed by atoms with van der Waals surface area (Å²) >= 11 is 0.871. The number of rotatable bonds is 5. The van der Waals surface area contributed by atoms with Crippen LogP contribution in [0, 0.1) is 10.1 Å². The summed E-state index contributed by atoms with van der Waals surface area (Å²) in [5, 5.41) is 9.30. The van der Waals surface area contributed by atoms with Crippen LogP contribution in [0.15, 0.2) is 35.2 Å². The van der Waals surface area contributed by atoms with Gasteiger partial charge in [-0.2, -0.15) is 0 Å². The van der Waals surface area contributed by atoms with E-state index in [4.69, 9.17) is 0 Å². The van der Waals surface area contributed by atoms with Gasteiger partial charge in [0, 0.05) is 9.82 Å². The van der Waals surface area contributed by atoms with Crippen LogP contribution in [0.25, 0.3) is 0 Å². The van der Waals surface area contributed by atoms with Gasteiger partial charge in [-0.15, -0.1) is 0 Å². The van der Waals surface area contributed by atoms with E-state index >= 15 is 0 Å². The molecule has 1 atom stereocenters. The van der Waals surface area contributed by atoms with Crippen molar-refractivity contribution in [3.63, 3.8) is 0 Å². The first-order valence-electron chi connectivity index (χ1n) is 4.67. The number of ether oxygens (including phenoxy) is 1. The van der Waals surface area contributed by atoms with Crippen LogP contribution in [0.5, 0.6) is 0 Å².